The van der Waals surface area contributed by atoms with Crippen molar-refractivity contribution in [1.29, 1.82) is 0 Å². The van der Waals surface area contributed by atoms with Gasteiger partial charge in [-0.3, -0.25) is 4.89 Å². The van der Waals surface area contributed by atoms with Crippen LogP contribution in [0.15, 0.2) is 73.0 Å². The molecular weight excluding hydrogens is 1220 g/mol. The third kappa shape index (κ3) is 9.39. The molecule has 2 aliphatic heterocycles. The fourth-order valence-corrected chi connectivity index (χ4v) is 9.63. The second kappa shape index (κ2) is 21.2. The quantitative estimate of drug-likeness (QED) is 0.0259. The fraction of sp³-hybridized carbons (Fsp3) is 0.109. The molecule has 4 heterocycles. The normalized spacial score (nSPS) is 17.4. The Morgan fingerprint density at radius 1 is 0.422 bits per heavy atom. The molecule has 464 valence electrons. The highest BCUT2D eigenvalue weighted by molar-refractivity contribution is 6.24. The molecule has 0 aliphatic carbocycles. The molecule has 1 saturated heterocycles. The molecule has 11 rings (SSSR count). The average molecular weight is 1250 g/mol. The summed E-state index contributed by atoms with van der Waals surface area (Å²) in [5, 5.41) is 189. The summed E-state index contributed by atoms with van der Waals surface area (Å²) in [4.78, 5) is 109. The Morgan fingerprint density at radius 2 is 0.878 bits per heavy atom. The Bertz CT molecular complexity index is 4700. The molecule has 90 heavy (non-hydrogen) atoms. The van der Waals surface area contributed by atoms with E-state index in [1.165, 1.54) is 0 Å². The lowest BCUT2D eigenvalue weighted by molar-refractivity contribution is -0.363. The standard InChI is InChI=1S/C55H34O35/c56-17-1-11(2-18(57)32(17)64)48(74)86-46-42-26(83-55(88-50(76)13-5-21(60)34(66)22(61)6-13)47(46)87-49(75)12-3-19(58)33(65)20(59)4-12)10-81-51(77)16-9-25(37(69)39(71)28(16)27-14(53(79)90-89-42)7-23(62)35(67)38(27)70)82-45-31-30-29-15(52(78)84-44(30)40(72)41(45)73)8-24(63)36(68)43(29)85-54(31)80/h1-9,26,42,46-47,55-73H,10H2/t26-,42-,46+,47-,55+/m1/s1. The van der Waals surface area contributed by atoms with Gasteiger partial charge in [0.15, 0.2) is 110 Å². The third-order valence-electron chi connectivity index (χ3n) is 13.9. The lowest BCUT2D eigenvalue weighted by Crippen LogP contribution is -2.63. The van der Waals surface area contributed by atoms with Crippen molar-refractivity contribution in [3.63, 3.8) is 0 Å². The second-order valence-electron chi connectivity index (χ2n) is 19.3. The maximum atomic E-state index is 14.9. The zero-order valence-electron chi connectivity index (χ0n) is 43.8. The number of ether oxygens (including phenoxy) is 6. The maximum Gasteiger partial charge on any atom is 0.374 e. The maximum absolute atomic E-state index is 14.9. The predicted octanol–water partition coefficient (Wildman–Crippen LogP) is 3.31. The number of esters is 4. The highest BCUT2D eigenvalue weighted by Gasteiger charge is 2.55. The summed E-state index contributed by atoms with van der Waals surface area (Å²) in [6.07, 6.45) is -13.0. The van der Waals surface area contributed by atoms with Crippen LogP contribution in [-0.2, 0) is 33.5 Å². The number of phenols is 18. The minimum atomic E-state index is -2.70. The number of cyclic esters (lactones) is 1. The number of rotatable bonds is 8. The van der Waals surface area contributed by atoms with Gasteiger partial charge in [-0.2, -0.15) is 4.89 Å². The smallest absolute Gasteiger partial charge is 0.374 e. The van der Waals surface area contributed by atoms with E-state index in [2.05, 4.69) is 0 Å². The van der Waals surface area contributed by atoms with Gasteiger partial charge in [-0.05, 0) is 48.5 Å². The number of benzene rings is 7. The zero-order valence-corrected chi connectivity index (χ0v) is 43.8. The van der Waals surface area contributed by atoms with E-state index in [-0.39, 0.29) is 6.07 Å². The number of aromatic hydroxyl groups is 18. The van der Waals surface area contributed by atoms with Gasteiger partial charge in [0.1, 0.15) is 18.1 Å². The number of hydrogen-bond acceptors (Lipinski definition) is 35. The predicted molar refractivity (Wildman–Crippen MR) is 282 cm³/mol. The number of phenolic OH excluding ortho intramolecular Hbond substituents is 18. The first kappa shape index (κ1) is 58.7. The first-order valence-corrected chi connectivity index (χ1v) is 24.8. The van der Waals surface area contributed by atoms with Crippen LogP contribution >= 0.6 is 0 Å². The van der Waals surface area contributed by atoms with E-state index in [1.54, 1.807) is 0 Å². The van der Waals surface area contributed by atoms with Crippen molar-refractivity contribution in [3.8, 4) is 126 Å². The zero-order chi connectivity index (χ0) is 65.1. The van der Waals surface area contributed by atoms with Gasteiger partial charge in [-0.15, -0.1) is 0 Å². The summed E-state index contributed by atoms with van der Waals surface area (Å²) in [5.41, 5.74) is -12.6. The van der Waals surface area contributed by atoms with Gasteiger partial charge < -0.3 is 129 Å². The minimum Gasteiger partial charge on any atom is -0.504 e. The summed E-state index contributed by atoms with van der Waals surface area (Å²) in [6, 6.07) is 4.27. The van der Waals surface area contributed by atoms with Crippen LogP contribution < -0.4 is 16.0 Å². The molecule has 9 aromatic rings. The third-order valence-corrected chi connectivity index (χ3v) is 13.9. The van der Waals surface area contributed by atoms with E-state index >= 15 is 0 Å². The van der Waals surface area contributed by atoms with E-state index in [0.29, 0.717) is 48.5 Å². The van der Waals surface area contributed by atoms with Crippen LogP contribution in [0.1, 0.15) is 51.8 Å². The molecule has 0 unspecified atom stereocenters. The van der Waals surface area contributed by atoms with Gasteiger partial charge in [-0.25, -0.2) is 33.6 Å². The largest absolute Gasteiger partial charge is 0.504 e. The monoisotopic (exact) mass is 1250 g/mol. The van der Waals surface area contributed by atoms with Gasteiger partial charge in [0, 0.05) is 22.6 Å². The van der Waals surface area contributed by atoms with Crippen molar-refractivity contribution in [1.82, 2.24) is 0 Å². The van der Waals surface area contributed by atoms with Gasteiger partial charge in [0.2, 0.25) is 41.1 Å². The van der Waals surface area contributed by atoms with Crippen LogP contribution in [0.4, 0.5) is 0 Å². The fourth-order valence-electron chi connectivity index (χ4n) is 9.63. The molecule has 35 heteroatoms. The highest BCUT2D eigenvalue weighted by Crippen LogP contribution is 2.57. The van der Waals surface area contributed by atoms with E-state index < -0.39 is 265 Å². The molecular formula is C55H34O35. The Labute approximate surface area is 491 Å². The Morgan fingerprint density at radius 3 is 1.42 bits per heavy atom. The van der Waals surface area contributed by atoms with Crippen LogP contribution in [0.3, 0.4) is 0 Å². The summed E-state index contributed by atoms with van der Waals surface area (Å²) >= 11 is 0. The molecule has 1 fully saturated rings. The summed E-state index contributed by atoms with van der Waals surface area (Å²) in [5.74, 6) is -35.1. The van der Waals surface area contributed by atoms with E-state index in [4.69, 9.17) is 47.0 Å². The molecule has 0 bridgehead atoms. The highest BCUT2D eigenvalue weighted by atomic mass is 17.2. The molecule has 35 nitrogen and oxygen atoms in total. The molecule has 2 aromatic heterocycles. The SMILES string of the molecule is O=C(O[C@@H]1O[C@@H]2COC(=O)c3cc(Oc4c(O)c(O)c5oc(=O)c6cc(O)c(O)c7oc(=O)c4c5c76)c(O)c(O)c3-c3c(cc(O)c(O)c3O)C(=O)OO[C@H]2[C@H](OC(=O)c2cc(O)c(O)c(O)c2)[C@H]1OC(=O)c1cc(O)c(O)c(O)c1)c1cc(O)c(O)c(O)c1. The summed E-state index contributed by atoms with van der Waals surface area (Å²) in [6.45, 7) is -1.49. The Kier molecular flexibility index (Phi) is 13.8. The molecule has 18 N–H and O–H groups in total. The van der Waals surface area contributed by atoms with E-state index in [0.717, 1.165) is 0 Å². The Balaban J connectivity index is 1.08. The van der Waals surface area contributed by atoms with Crippen LogP contribution in [-0.4, -0.2) is 159 Å². The molecule has 0 saturated carbocycles. The van der Waals surface area contributed by atoms with Crippen molar-refractivity contribution in [2.24, 2.45) is 0 Å². The van der Waals surface area contributed by atoms with Gasteiger partial charge in [0.25, 0.3) is 0 Å². The summed E-state index contributed by atoms with van der Waals surface area (Å²) < 4.78 is 44.3. The van der Waals surface area contributed by atoms with E-state index in [1.807, 2.05) is 0 Å². The number of fused-ring (bicyclic) bond motifs is 4. The van der Waals surface area contributed by atoms with Crippen molar-refractivity contribution >= 4 is 62.6 Å². The molecule has 2 aliphatic rings. The van der Waals surface area contributed by atoms with Crippen LogP contribution in [0.25, 0.3) is 43.8 Å². The van der Waals surface area contributed by atoms with Crippen LogP contribution in [0.2, 0.25) is 0 Å². The van der Waals surface area contributed by atoms with Gasteiger partial charge in [0.05, 0.1) is 38.6 Å². The van der Waals surface area contributed by atoms with Crippen LogP contribution in [0, 0.1) is 0 Å². The first-order valence-electron chi connectivity index (χ1n) is 24.8. The number of carbonyl (C=O) groups is 5. The molecule has 0 amide bonds. The molecule has 0 radical (unpaired) electrons. The number of hydrogen-bond donors (Lipinski definition) is 18. The van der Waals surface area contributed by atoms with Gasteiger partial charge >= 0.3 is 41.1 Å². The van der Waals surface area contributed by atoms with Crippen molar-refractivity contribution < 1.29 is 163 Å². The van der Waals surface area contributed by atoms with Gasteiger partial charge in [-0.1, -0.05) is 0 Å². The number of carbonyl (C=O) groups excluding carboxylic acids is 5. The Hall–Kier alpha value is -13.1. The van der Waals surface area contributed by atoms with Crippen molar-refractivity contribution in [2.75, 3.05) is 6.61 Å². The molecule has 7 aromatic carbocycles. The topological polar surface area (TPSA) is 584 Å². The average Bonchev–Trinajstić information content (AvgIpc) is 0.714. The minimum absolute atomic E-state index is 0.288. The lowest BCUT2D eigenvalue weighted by atomic mass is 9.91. The van der Waals surface area contributed by atoms with E-state index in [9.17, 15) is 125 Å². The first-order chi connectivity index (χ1) is 42.5. The summed E-state index contributed by atoms with van der Waals surface area (Å²) in [7, 11) is 0. The molecule has 5 atom stereocenters. The lowest BCUT2D eigenvalue weighted by Gasteiger charge is -2.43. The van der Waals surface area contributed by atoms with Crippen LogP contribution in [0.5, 0.6) is 115 Å². The second-order valence-corrected chi connectivity index (χ2v) is 19.3. The molecule has 0 spiro atoms. The van der Waals surface area contributed by atoms with Crippen molar-refractivity contribution in [2.45, 2.75) is 30.7 Å². The van der Waals surface area contributed by atoms with Crippen molar-refractivity contribution in [3.05, 3.63) is 103 Å².